The summed E-state index contributed by atoms with van der Waals surface area (Å²) in [5.41, 5.74) is 2.53. The van der Waals surface area contributed by atoms with Crippen LogP contribution >= 0.6 is 11.3 Å². The van der Waals surface area contributed by atoms with E-state index < -0.39 is 0 Å². The molecule has 2 saturated carbocycles. The maximum Gasteiger partial charge on any atom is 0.147 e. The highest BCUT2D eigenvalue weighted by atomic mass is 32.1. The number of piperidine rings is 1. The quantitative estimate of drug-likeness (QED) is 0.471. The first-order chi connectivity index (χ1) is 16.2. The molecule has 5 nitrogen and oxygen atoms in total. The van der Waals surface area contributed by atoms with Crippen LogP contribution in [0.3, 0.4) is 0 Å². The summed E-state index contributed by atoms with van der Waals surface area (Å²) in [5.74, 6) is 1.44. The van der Waals surface area contributed by atoms with Crippen LogP contribution in [0.2, 0.25) is 0 Å². The molecular weight excluding hydrogens is 430 g/mol. The molecule has 2 aliphatic carbocycles. The van der Waals surface area contributed by atoms with Crippen LogP contribution in [0.1, 0.15) is 81.6 Å². The highest BCUT2D eigenvalue weighted by molar-refractivity contribution is 7.14. The summed E-state index contributed by atoms with van der Waals surface area (Å²) < 4.78 is 6.19. The Hall–Kier alpha value is -1.79. The van der Waals surface area contributed by atoms with Crippen LogP contribution in [-0.2, 0) is 9.53 Å². The average molecular weight is 468 g/mol. The third kappa shape index (κ3) is 4.88. The van der Waals surface area contributed by atoms with Gasteiger partial charge in [-0.25, -0.2) is 0 Å². The minimum atomic E-state index is 0.0880. The molecule has 0 radical (unpaired) electrons. The molecule has 5 rings (SSSR count). The molecule has 178 valence electrons. The number of methoxy groups -OCH3 is 1. The Labute approximate surface area is 201 Å². The van der Waals surface area contributed by atoms with Crippen LogP contribution in [0, 0.1) is 11.8 Å². The fourth-order valence-electron chi connectivity index (χ4n) is 6.38. The first-order valence-electron chi connectivity index (χ1n) is 12.9. The Bertz CT molecular complexity index is 906. The van der Waals surface area contributed by atoms with Gasteiger partial charge in [0.1, 0.15) is 16.3 Å². The van der Waals surface area contributed by atoms with Crippen molar-refractivity contribution in [1.29, 1.82) is 0 Å². The molecule has 2 heterocycles. The second kappa shape index (κ2) is 10.2. The van der Waals surface area contributed by atoms with E-state index in [0.717, 1.165) is 79.4 Å². The van der Waals surface area contributed by atoms with Gasteiger partial charge in [-0.1, -0.05) is 30.6 Å². The lowest BCUT2D eigenvalue weighted by atomic mass is 9.72. The van der Waals surface area contributed by atoms with Crippen molar-refractivity contribution in [2.45, 2.75) is 82.1 Å². The first kappa shape index (κ1) is 23.0. The van der Waals surface area contributed by atoms with Crippen molar-refractivity contribution >= 4 is 23.3 Å². The second-order valence-corrected chi connectivity index (χ2v) is 11.3. The normalized spacial score (nSPS) is 26.3. The lowest BCUT2D eigenvalue weighted by Crippen LogP contribution is -2.50. The smallest absolute Gasteiger partial charge is 0.147 e. The van der Waals surface area contributed by atoms with Crippen LogP contribution < -0.4 is 4.90 Å². The zero-order valence-corrected chi connectivity index (χ0v) is 20.7. The number of aromatic nitrogens is 2. The first-order valence-corrected chi connectivity index (χ1v) is 13.7. The van der Waals surface area contributed by atoms with E-state index in [4.69, 9.17) is 4.74 Å². The minimum absolute atomic E-state index is 0.0880. The summed E-state index contributed by atoms with van der Waals surface area (Å²) >= 11 is 1.72. The largest absolute Gasteiger partial charge is 0.378 e. The van der Waals surface area contributed by atoms with Crippen LogP contribution in [0.25, 0.3) is 10.6 Å². The van der Waals surface area contributed by atoms with Crippen molar-refractivity contribution in [2.24, 2.45) is 11.8 Å². The summed E-state index contributed by atoms with van der Waals surface area (Å²) in [6.45, 7) is 2.13. The maximum absolute atomic E-state index is 11.0. The number of nitrogens with zero attached hydrogens (tertiary/aromatic N) is 3. The lowest BCUT2D eigenvalue weighted by Gasteiger charge is -2.47. The SMILES string of the molecule is COC1(C2CCCCC2)CCN(c2ccc(-c3nnc(C4CCC(C=O)CC4)s3)cc2)CC1. The number of ether oxygens (including phenoxy) is 1. The minimum Gasteiger partial charge on any atom is -0.378 e. The third-order valence-corrected chi connectivity index (χ3v) is 9.73. The third-order valence-electron chi connectivity index (χ3n) is 8.60. The summed E-state index contributed by atoms with van der Waals surface area (Å²) in [6, 6.07) is 8.88. The van der Waals surface area contributed by atoms with Crippen LogP contribution in [0.5, 0.6) is 0 Å². The molecule has 0 bridgehead atoms. The number of hydrogen-bond donors (Lipinski definition) is 0. The molecule has 6 heteroatoms. The predicted molar refractivity (Wildman–Crippen MR) is 134 cm³/mol. The number of rotatable bonds is 6. The molecule has 1 aromatic carbocycles. The monoisotopic (exact) mass is 467 g/mol. The highest BCUT2D eigenvalue weighted by Gasteiger charge is 2.42. The van der Waals surface area contributed by atoms with Gasteiger partial charge in [-0.3, -0.25) is 0 Å². The van der Waals surface area contributed by atoms with Crippen molar-refractivity contribution in [3.05, 3.63) is 29.3 Å². The van der Waals surface area contributed by atoms with E-state index in [9.17, 15) is 4.79 Å². The molecule has 3 fully saturated rings. The van der Waals surface area contributed by atoms with Gasteiger partial charge in [0, 0.05) is 43.3 Å². The van der Waals surface area contributed by atoms with Crippen LogP contribution in [0.15, 0.2) is 24.3 Å². The number of anilines is 1. The summed E-state index contributed by atoms with van der Waals surface area (Å²) in [5, 5.41) is 11.1. The van der Waals surface area contributed by atoms with Gasteiger partial charge in [0.2, 0.25) is 0 Å². The number of hydrogen-bond acceptors (Lipinski definition) is 6. The zero-order chi connectivity index (χ0) is 22.7. The molecule has 0 unspecified atom stereocenters. The van der Waals surface area contributed by atoms with E-state index in [1.54, 1.807) is 11.3 Å². The van der Waals surface area contributed by atoms with Gasteiger partial charge >= 0.3 is 0 Å². The van der Waals surface area contributed by atoms with Crippen molar-refractivity contribution < 1.29 is 9.53 Å². The predicted octanol–water partition coefficient (Wildman–Crippen LogP) is 6.24. The highest BCUT2D eigenvalue weighted by Crippen LogP contribution is 2.42. The van der Waals surface area contributed by atoms with Gasteiger partial charge in [0.25, 0.3) is 0 Å². The molecule has 0 spiro atoms. The standard InChI is InChI=1S/C27H37N3O2S/c1-32-27(23-5-3-2-4-6-23)15-17-30(18-16-27)24-13-11-22(12-14-24)26-29-28-25(33-26)21-9-7-20(19-31)8-10-21/h11-14,19-21,23H,2-10,15-18H2,1H3. The van der Waals surface area contributed by atoms with Crippen molar-refractivity contribution in [1.82, 2.24) is 10.2 Å². The van der Waals surface area contributed by atoms with E-state index in [1.165, 1.54) is 37.8 Å². The Kier molecular flexibility index (Phi) is 7.12. The van der Waals surface area contributed by atoms with E-state index >= 15 is 0 Å². The molecular formula is C27H37N3O2S. The number of carbonyl (C=O) groups is 1. The van der Waals surface area contributed by atoms with Crippen LogP contribution in [0.4, 0.5) is 5.69 Å². The van der Waals surface area contributed by atoms with Crippen molar-refractivity contribution in [3.8, 4) is 10.6 Å². The second-order valence-electron chi connectivity index (χ2n) is 10.3. The Morgan fingerprint density at radius 2 is 1.67 bits per heavy atom. The van der Waals surface area contributed by atoms with Gasteiger partial charge in [-0.2, -0.15) is 0 Å². The van der Waals surface area contributed by atoms with E-state index in [0.29, 0.717) is 5.92 Å². The van der Waals surface area contributed by atoms with Gasteiger partial charge in [-0.05, 0) is 81.5 Å². The topological polar surface area (TPSA) is 55.3 Å². The fourth-order valence-corrected chi connectivity index (χ4v) is 7.40. The maximum atomic E-state index is 11.0. The molecule has 0 N–H and O–H groups in total. The molecule has 3 aliphatic rings. The zero-order valence-electron chi connectivity index (χ0n) is 19.9. The van der Waals surface area contributed by atoms with Gasteiger partial charge in [0.15, 0.2) is 0 Å². The summed E-state index contributed by atoms with van der Waals surface area (Å²) in [6.07, 6.45) is 14.3. The molecule has 0 amide bonds. The Balaban J connectivity index is 1.20. The Morgan fingerprint density at radius 1 is 0.970 bits per heavy atom. The van der Waals surface area contributed by atoms with Gasteiger partial charge in [-0.15, -0.1) is 10.2 Å². The van der Waals surface area contributed by atoms with E-state index in [1.807, 2.05) is 7.11 Å². The molecule has 1 aliphatic heterocycles. The fraction of sp³-hybridized carbons (Fsp3) is 0.667. The van der Waals surface area contributed by atoms with Crippen molar-refractivity contribution in [2.75, 3.05) is 25.1 Å². The number of aldehydes is 1. The molecule has 1 saturated heterocycles. The summed E-state index contributed by atoms with van der Waals surface area (Å²) in [4.78, 5) is 13.5. The van der Waals surface area contributed by atoms with Gasteiger partial charge < -0.3 is 14.4 Å². The number of carbonyl (C=O) groups excluding carboxylic acids is 1. The Morgan fingerprint density at radius 3 is 2.30 bits per heavy atom. The number of benzene rings is 1. The molecule has 0 atom stereocenters. The molecule has 2 aromatic rings. The van der Waals surface area contributed by atoms with Crippen molar-refractivity contribution in [3.63, 3.8) is 0 Å². The van der Waals surface area contributed by atoms with Crippen LogP contribution in [-0.4, -0.2) is 42.3 Å². The van der Waals surface area contributed by atoms with E-state index in [2.05, 4.69) is 39.4 Å². The van der Waals surface area contributed by atoms with Gasteiger partial charge in [0.05, 0.1) is 5.60 Å². The average Bonchev–Trinajstić information content (AvgIpc) is 3.40. The molecule has 33 heavy (non-hydrogen) atoms. The lowest BCUT2D eigenvalue weighted by molar-refractivity contribution is -0.111. The molecule has 1 aromatic heterocycles. The summed E-state index contributed by atoms with van der Waals surface area (Å²) in [7, 11) is 1.93. The van der Waals surface area contributed by atoms with E-state index in [-0.39, 0.29) is 11.5 Å².